The maximum Gasteiger partial charge on any atom is 0.319 e. The molecule has 0 heterocycles. The predicted octanol–water partition coefficient (Wildman–Crippen LogP) is -0.908. The van der Waals surface area contributed by atoms with Crippen molar-refractivity contribution in [3.05, 3.63) is 10.1 Å². The van der Waals surface area contributed by atoms with E-state index in [1.807, 2.05) is 0 Å². The lowest BCUT2D eigenvalue weighted by Gasteiger charge is -2.06. The third kappa shape index (κ3) is 9.33. The molecule has 1 unspecified atom stereocenters. The van der Waals surface area contributed by atoms with Crippen LogP contribution in [0, 0.1) is 10.1 Å². The van der Waals surface area contributed by atoms with E-state index in [0.717, 1.165) is 0 Å². The molecule has 0 bridgehead atoms. The quantitative estimate of drug-likeness (QED) is 0.261. The van der Waals surface area contributed by atoms with Crippen LogP contribution in [-0.2, 0) is 14.0 Å². The van der Waals surface area contributed by atoms with Gasteiger partial charge in [-0.15, -0.1) is 10.1 Å². The van der Waals surface area contributed by atoms with E-state index in [1.54, 1.807) is 0 Å². The predicted molar refractivity (Wildman–Crippen MR) is 43.0 cm³/mol. The van der Waals surface area contributed by atoms with E-state index in [0.29, 0.717) is 0 Å². The average molecular weight is 233 g/mol. The molecular formula is C3H7NO7S2. The molecule has 2 N–H and O–H groups in total. The number of hydrogen-bond donors (Lipinski definition) is 2. The van der Waals surface area contributed by atoms with Crippen LogP contribution in [0.5, 0.6) is 0 Å². The first-order valence-electron chi connectivity index (χ1n) is 2.88. The monoisotopic (exact) mass is 233 g/mol. The molecule has 0 aromatic heterocycles. The molecule has 0 saturated heterocycles. The van der Waals surface area contributed by atoms with E-state index >= 15 is 0 Å². The van der Waals surface area contributed by atoms with E-state index in [1.165, 1.54) is 0 Å². The second kappa shape index (κ2) is 5.21. The molecule has 8 nitrogen and oxygen atoms in total. The topological polar surface area (TPSA) is 127 Å². The molecule has 0 fully saturated rings. The standard InChI is InChI=1S/C3H7NO7S2/c5-3(1-11-4(6)7)2-12-13(8,9)10/h3,5H,1-2H2,(H,8,9,10). The number of rotatable bonds is 6. The molecule has 10 heteroatoms. The van der Waals surface area contributed by atoms with Gasteiger partial charge in [-0.3, -0.25) is 4.55 Å². The zero-order valence-electron chi connectivity index (χ0n) is 6.19. The molecule has 0 saturated carbocycles. The fourth-order valence-electron chi connectivity index (χ4n) is 0.360. The maximum atomic E-state index is 10.1. The van der Waals surface area contributed by atoms with E-state index in [2.05, 4.69) is 4.84 Å². The van der Waals surface area contributed by atoms with Crippen molar-refractivity contribution < 1.29 is 28.0 Å². The summed E-state index contributed by atoms with van der Waals surface area (Å²) >= 11 is 0. The van der Waals surface area contributed by atoms with Crippen LogP contribution in [0.25, 0.3) is 0 Å². The van der Waals surface area contributed by atoms with Gasteiger partial charge < -0.3 is 9.94 Å². The van der Waals surface area contributed by atoms with Gasteiger partial charge in [0.2, 0.25) is 0 Å². The molecule has 0 radical (unpaired) electrons. The largest absolute Gasteiger partial charge is 0.390 e. The van der Waals surface area contributed by atoms with E-state index in [4.69, 9.17) is 9.66 Å². The van der Waals surface area contributed by atoms with Crippen LogP contribution in [0.1, 0.15) is 0 Å². The van der Waals surface area contributed by atoms with Gasteiger partial charge in [0.1, 0.15) is 6.61 Å². The smallest absolute Gasteiger partial charge is 0.319 e. The summed E-state index contributed by atoms with van der Waals surface area (Å²) in [6, 6.07) is 0. The van der Waals surface area contributed by atoms with Gasteiger partial charge in [-0.25, -0.2) is 0 Å². The van der Waals surface area contributed by atoms with Gasteiger partial charge in [0.15, 0.2) is 0 Å². The van der Waals surface area contributed by atoms with Gasteiger partial charge in [-0.05, 0) is 10.8 Å². The van der Waals surface area contributed by atoms with Crippen molar-refractivity contribution in [2.24, 2.45) is 0 Å². The van der Waals surface area contributed by atoms with Crippen LogP contribution >= 0.6 is 10.8 Å². The van der Waals surface area contributed by atoms with Crippen molar-refractivity contribution in [3.8, 4) is 0 Å². The van der Waals surface area contributed by atoms with Crippen molar-refractivity contribution in [2.75, 3.05) is 12.4 Å². The minimum atomic E-state index is -4.23. The second-order valence-electron chi connectivity index (χ2n) is 1.89. The Balaban J connectivity index is 3.64. The SMILES string of the molecule is O=[N+]([O-])OCC(O)CSS(=O)(=O)O. The zero-order valence-corrected chi connectivity index (χ0v) is 7.82. The highest BCUT2D eigenvalue weighted by atomic mass is 33.1. The number of nitrogens with zero attached hydrogens (tertiary/aromatic N) is 1. The molecule has 1 atom stereocenters. The van der Waals surface area contributed by atoms with Crippen molar-refractivity contribution in [1.82, 2.24) is 0 Å². The van der Waals surface area contributed by atoms with Gasteiger partial charge in [0.25, 0.3) is 5.09 Å². The molecule has 0 spiro atoms. The summed E-state index contributed by atoms with van der Waals surface area (Å²) in [4.78, 5) is 13.4. The molecule has 0 aliphatic rings. The lowest BCUT2D eigenvalue weighted by atomic mass is 10.4. The van der Waals surface area contributed by atoms with Crippen LogP contribution < -0.4 is 0 Å². The third-order valence-electron chi connectivity index (χ3n) is 0.782. The van der Waals surface area contributed by atoms with Crippen molar-refractivity contribution in [1.29, 1.82) is 0 Å². The van der Waals surface area contributed by atoms with Gasteiger partial charge in [0, 0.05) is 5.75 Å². The van der Waals surface area contributed by atoms with Crippen LogP contribution in [0.4, 0.5) is 0 Å². The van der Waals surface area contributed by atoms with Gasteiger partial charge >= 0.3 is 9.15 Å². The van der Waals surface area contributed by atoms with E-state index < -0.39 is 32.7 Å². The molecule has 0 aliphatic heterocycles. The van der Waals surface area contributed by atoms with E-state index in [-0.39, 0.29) is 10.8 Å². The Hall–Kier alpha value is -0.580. The fourth-order valence-corrected chi connectivity index (χ4v) is 1.77. The highest BCUT2D eigenvalue weighted by molar-refractivity contribution is 8.69. The first-order chi connectivity index (χ1) is 5.81. The third-order valence-corrected chi connectivity index (χ3v) is 2.90. The fraction of sp³-hybridized carbons (Fsp3) is 1.00. The normalized spacial score (nSPS) is 13.7. The molecular weight excluding hydrogens is 226 g/mol. The first kappa shape index (κ1) is 12.4. The molecule has 0 aromatic carbocycles. The Morgan fingerprint density at radius 3 is 2.54 bits per heavy atom. The first-order valence-corrected chi connectivity index (χ1v) is 5.82. The molecule has 13 heavy (non-hydrogen) atoms. The summed E-state index contributed by atoms with van der Waals surface area (Å²) in [6.07, 6.45) is -1.32. The van der Waals surface area contributed by atoms with Crippen LogP contribution in [0.15, 0.2) is 0 Å². The summed E-state index contributed by atoms with van der Waals surface area (Å²) < 4.78 is 28.4. The maximum absolute atomic E-state index is 10.1. The second-order valence-corrected chi connectivity index (χ2v) is 5.28. The van der Waals surface area contributed by atoms with E-state index in [9.17, 15) is 18.5 Å². The minimum absolute atomic E-state index is 0.0685. The van der Waals surface area contributed by atoms with Crippen LogP contribution in [-0.4, -0.2) is 41.6 Å². The molecule has 0 amide bonds. The summed E-state index contributed by atoms with van der Waals surface area (Å²) in [5, 5.41) is 17.3. The number of aliphatic hydroxyl groups is 1. The Morgan fingerprint density at radius 2 is 2.15 bits per heavy atom. The lowest BCUT2D eigenvalue weighted by Crippen LogP contribution is -2.20. The summed E-state index contributed by atoms with van der Waals surface area (Å²) in [6.45, 7) is -0.629. The lowest BCUT2D eigenvalue weighted by molar-refractivity contribution is -0.759. The Kier molecular flexibility index (Phi) is 4.98. The Bertz CT molecular complexity index is 261. The number of aliphatic hydroxyl groups excluding tert-OH is 1. The summed E-state index contributed by atoms with van der Waals surface area (Å²) in [5.41, 5.74) is 0. The van der Waals surface area contributed by atoms with Crippen molar-refractivity contribution >= 4 is 19.9 Å². The van der Waals surface area contributed by atoms with Gasteiger partial charge in [-0.1, -0.05) is 0 Å². The number of hydrogen-bond acceptors (Lipinski definition) is 7. The highest BCUT2D eigenvalue weighted by Crippen LogP contribution is 2.10. The van der Waals surface area contributed by atoms with Crippen LogP contribution in [0.3, 0.4) is 0 Å². The van der Waals surface area contributed by atoms with Crippen molar-refractivity contribution in [2.45, 2.75) is 6.10 Å². The molecule has 0 aromatic rings. The Labute approximate surface area is 77.1 Å². The van der Waals surface area contributed by atoms with Gasteiger partial charge in [-0.2, -0.15) is 8.42 Å². The molecule has 0 rings (SSSR count). The zero-order chi connectivity index (χ0) is 10.5. The summed E-state index contributed by atoms with van der Waals surface area (Å²) in [7, 11) is -4.16. The molecule has 78 valence electrons. The summed E-state index contributed by atoms with van der Waals surface area (Å²) in [5.74, 6) is -0.396. The Morgan fingerprint density at radius 1 is 1.62 bits per heavy atom. The van der Waals surface area contributed by atoms with Crippen LogP contribution in [0.2, 0.25) is 0 Å². The van der Waals surface area contributed by atoms with Crippen molar-refractivity contribution in [3.63, 3.8) is 0 Å². The minimum Gasteiger partial charge on any atom is -0.390 e. The van der Waals surface area contributed by atoms with Gasteiger partial charge in [0.05, 0.1) is 6.10 Å². The molecule has 0 aliphatic carbocycles. The highest BCUT2D eigenvalue weighted by Gasteiger charge is 2.12. The average Bonchev–Trinajstić information content (AvgIpc) is 1.95.